The second kappa shape index (κ2) is 5.10. The number of nitrogens with one attached hydrogen (secondary N) is 1. The topological polar surface area (TPSA) is 73.1 Å². The van der Waals surface area contributed by atoms with Crippen LogP contribution in [-0.2, 0) is 0 Å². The molecule has 0 aliphatic carbocycles. The van der Waals surface area contributed by atoms with Crippen LogP contribution in [0.5, 0.6) is 5.88 Å². The summed E-state index contributed by atoms with van der Waals surface area (Å²) in [4.78, 5) is 8.00. The van der Waals surface area contributed by atoms with Gasteiger partial charge in [0, 0.05) is 16.8 Å². The Hall–Kier alpha value is -2.01. The second-order valence-corrected chi connectivity index (χ2v) is 4.17. The number of methoxy groups -OCH3 is 1. The molecule has 94 valence electrons. The van der Waals surface area contributed by atoms with E-state index in [-0.39, 0.29) is 5.95 Å². The van der Waals surface area contributed by atoms with E-state index in [1.807, 2.05) is 19.1 Å². The summed E-state index contributed by atoms with van der Waals surface area (Å²) in [6, 6.07) is 7.22. The molecule has 1 aromatic heterocycles. The molecule has 0 fully saturated rings. The zero-order valence-electron chi connectivity index (χ0n) is 10.1. The number of anilines is 3. The number of hydrogen-bond acceptors (Lipinski definition) is 5. The maximum Gasteiger partial charge on any atom is 0.225 e. The van der Waals surface area contributed by atoms with Crippen molar-refractivity contribution in [1.82, 2.24) is 9.97 Å². The summed E-state index contributed by atoms with van der Waals surface area (Å²) in [5.74, 6) is 1.14. The Labute approximate surface area is 110 Å². The molecule has 0 saturated carbocycles. The highest BCUT2D eigenvalue weighted by molar-refractivity contribution is 6.30. The number of rotatable bonds is 3. The molecule has 6 heteroatoms. The van der Waals surface area contributed by atoms with Gasteiger partial charge in [-0.15, -0.1) is 0 Å². The van der Waals surface area contributed by atoms with Crippen molar-refractivity contribution in [2.24, 2.45) is 0 Å². The highest BCUT2D eigenvalue weighted by atomic mass is 35.5. The maximum atomic E-state index is 5.90. The van der Waals surface area contributed by atoms with Gasteiger partial charge in [0.25, 0.3) is 0 Å². The summed E-state index contributed by atoms with van der Waals surface area (Å²) in [6.45, 7) is 1.95. The minimum Gasteiger partial charge on any atom is -0.481 e. The molecule has 0 atom stereocenters. The SMILES string of the molecule is COc1cc(Nc2ccc(Cl)cc2C)nc(N)n1. The summed E-state index contributed by atoms with van der Waals surface area (Å²) in [7, 11) is 1.53. The maximum absolute atomic E-state index is 5.90. The first-order chi connectivity index (χ1) is 8.58. The predicted molar refractivity (Wildman–Crippen MR) is 72.5 cm³/mol. The van der Waals surface area contributed by atoms with Crippen LogP contribution in [0.15, 0.2) is 24.3 Å². The third-order valence-electron chi connectivity index (χ3n) is 2.38. The lowest BCUT2D eigenvalue weighted by Crippen LogP contribution is -2.02. The van der Waals surface area contributed by atoms with Crippen LogP contribution in [0.1, 0.15) is 5.56 Å². The van der Waals surface area contributed by atoms with Crippen molar-refractivity contribution in [3.05, 3.63) is 34.9 Å². The molecule has 0 saturated heterocycles. The van der Waals surface area contributed by atoms with Crippen molar-refractivity contribution in [3.8, 4) is 5.88 Å². The van der Waals surface area contributed by atoms with E-state index < -0.39 is 0 Å². The average Bonchev–Trinajstić information content (AvgIpc) is 2.32. The first kappa shape index (κ1) is 12.4. The zero-order chi connectivity index (χ0) is 13.1. The quantitative estimate of drug-likeness (QED) is 0.892. The van der Waals surface area contributed by atoms with Gasteiger partial charge in [0.05, 0.1) is 7.11 Å². The molecule has 18 heavy (non-hydrogen) atoms. The molecular weight excluding hydrogens is 252 g/mol. The van der Waals surface area contributed by atoms with E-state index >= 15 is 0 Å². The molecule has 3 N–H and O–H groups in total. The molecule has 2 aromatic rings. The number of halogens is 1. The normalized spacial score (nSPS) is 10.2. The Balaban J connectivity index is 2.30. The van der Waals surface area contributed by atoms with Gasteiger partial charge in [0.1, 0.15) is 5.82 Å². The first-order valence-corrected chi connectivity index (χ1v) is 5.68. The van der Waals surface area contributed by atoms with Gasteiger partial charge in [-0.05, 0) is 30.7 Å². The highest BCUT2D eigenvalue weighted by Gasteiger charge is 2.05. The summed E-state index contributed by atoms with van der Waals surface area (Å²) in [5, 5.41) is 3.84. The first-order valence-electron chi connectivity index (χ1n) is 5.30. The molecule has 0 spiro atoms. The van der Waals surface area contributed by atoms with Crippen LogP contribution in [0.25, 0.3) is 0 Å². The van der Waals surface area contributed by atoms with Crippen LogP contribution < -0.4 is 15.8 Å². The Morgan fingerprint density at radius 1 is 1.28 bits per heavy atom. The molecule has 1 heterocycles. The highest BCUT2D eigenvalue weighted by Crippen LogP contribution is 2.24. The Kier molecular flexibility index (Phi) is 3.53. The lowest BCUT2D eigenvalue weighted by molar-refractivity contribution is 0.398. The van der Waals surface area contributed by atoms with Crippen molar-refractivity contribution in [3.63, 3.8) is 0 Å². The van der Waals surface area contributed by atoms with E-state index in [9.17, 15) is 0 Å². The van der Waals surface area contributed by atoms with Crippen molar-refractivity contribution in [1.29, 1.82) is 0 Å². The molecule has 2 rings (SSSR count). The van der Waals surface area contributed by atoms with E-state index in [2.05, 4.69) is 15.3 Å². The van der Waals surface area contributed by atoms with E-state index in [4.69, 9.17) is 22.1 Å². The summed E-state index contributed by atoms with van der Waals surface area (Å²) < 4.78 is 5.03. The number of ether oxygens (including phenoxy) is 1. The third-order valence-corrected chi connectivity index (χ3v) is 2.62. The van der Waals surface area contributed by atoms with Crippen molar-refractivity contribution in [2.75, 3.05) is 18.2 Å². The molecular formula is C12H13ClN4O. The van der Waals surface area contributed by atoms with Gasteiger partial charge in [-0.3, -0.25) is 0 Å². The summed E-state index contributed by atoms with van der Waals surface area (Å²) in [5.41, 5.74) is 7.50. The molecule has 0 aliphatic heterocycles. The molecule has 0 aliphatic rings. The Bertz CT molecular complexity index is 574. The van der Waals surface area contributed by atoms with Crippen LogP contribution in [0.4, 0.5) is 17.5 Å². The fourth-order valence-electron chi connectivity index (χ4n) is 1.52. The number of nitrogen functional groups attached to an aromatic ring is 1. The second-order valence-electron chi connectivity index (χ2n) is 3.74. The third kappa shape index (κ3) is 2.81. The standard InChI is InChI=1S/C12H13ClN4O/c1-7-5-8(13)3-4-9(7)15-10-6-11(18-2)17-12(14)16-10/h3-6H,1-2H3,(H3,14,15,16,17). The van der Waals surface area contributed by atoms with E-state index in [0.717, 1.165) is 11.3 Å². The molecule has 0 amide bonds. The van der Waals surface area contributed by atoms with Gasteiger partial charge in [-0.2, -0.15) is 9.97 Å². The van der Waals surface area contributed by atoms with Crippen LogP contribution in [0.2, 0.25) is 5.02 Å². The zero-order valence-corrected chi connectivity index (χ0v) is 10.8. The van der Waals surface area contributed by atoms with Crippen LogP contribution in [-0.4, -0.2) is 17.1 Å². The van der Waals surface area contributed by atoms with Crippen LogP contribution in [0, 0.1) is 6.92 Å². The smallest absolute Gasteiger partial charge is 0.225 e. The number of aromatic nitrogens is 2. The van der Waals surface area contributed by atoms with E-state index in [0.29, 0.717) is 16.7 Å². The lowest BCUT2D eigenvalue weighted by atomic mass is 10.2. The van der Waals surface area contributed by atoms with Crippen LogP contribution in [0.3, 0.4) is 0 Å². The molecule has 0 unspecified atom stereocenters. The van der Waals surface area contributed by atoms with Gasteiger partial charge < -0.3 is 15.8 Å². The van der Waals surface area contributed by atoms with Gasteiger partial charge >= 0.3 is 0 Å². The van der Waals surface area contributed by atoms with Crippen molar-refractivity contribution in [2.45, 2.75) is 6.92 Å². The fraction of sp³-hybridized carbons (Fsp3) is 0.167. The van der Waals surface area contributed by atoms with Gasteiger partial charge in [0.15, 0.2) is 0 Å². The number of benzene rings is 1. The number of hydrogen-bond donors (Lipinski definition) is 2. The van der Waals surface area contributed by atoms with E-state index in [1.165, 1.54) is 7.11 Å². The van der Waals surface area contributed by atoms with Gasteiger partial charge in [0.2, 0.25) is 11.8 Å². The molecule has 1 aromatic carbocycles. The summed E-state index contributed by atoms with van der Waals surface area (Å²) in [6.07, 6.45) is 0. The summed E-state index contributed by atoms with van der Waals surface area (Å²) >= 11 is 5.90. The average molecular weight is 265 g/mol. The lowest BCUT2D eigenvalue weighted by Gasteiger charge is -2.10. The number of nitrogens with zero attached hydrogens (tertiary/aromatic N) is 2. The minimum atomic E-state index is 0.156. The Morgan fingerprint density at radius 2 is 2.06 bits per heavy atom. The predicted octanol–water partition coefficient (Wildman–Crippen LogP) is 2.77. The van der Waals surface area contributed by atoms with Gasteiger partial charge in [-0.25, -0.2) is 0 Å². The van der Waals surface area contributed by atoms with Crippen LogP contribution >= 0.6 is 11.6 Å². The number of nitrogens with two attached hydrogens (primary N) is 1. The van der Waals surface area contributed by atoms with Gasteiger partial charge in [-0.1, -0.05) is 11.6 Å². The molecule has 5 nitrogen and oxygen atoms in total. The monoisotopic (exact) mass is 264 g/mol. The Morgan fingerprint density at radius 3 is 2.72 bits per heavy atom. The molecule has 0 bridgehead atoms. The largest absolute Gasteiger partial charge is 0.481 e. The minimum absolute atomic E-state index is 0.156. The molecule has 0 radical (unpaired) electrons. The van der Waals surface area contributed by atoms with Crippen molar-refractivity contribution < 1.29 is 4.74 Å². The van der Waals surface area contributed by atoms with E-state index in [1.54, 1.807) is 12.1 Å². The fourth-order valence-corrected chi connectivity index (χ4v) is 1.74. The van der Waals surface area contributed by atoms with Crippen molar-refractivity contribution >= 4 is 29.1 Å². The number of aryl methyl sites for hydroxylation is 1.